The number of alkyl halides is 3. The van der Waals surface area contributed by atoms with Crippen molar-refractivity contribution in [2.45, 2.75) is 58.2 Å². The van der Waals surface area contributed by atoms with Crippen molar-refractivity contribution in [3.05, 3.63) is 0 Å². The highest BCUT2D eigenvalue weighted by molar-refractivity contribution is 4.91. The molecule has 2 nitrogen and oxygen atoms in total. The number of halogens is 3. The van der Waals surface area contributed by atoms with E-state index < -0.39 is 12.8 Å². The summed E-state index contributed by atoms with van der Waals surface area (Å²) in [6, 6.07) is 0. The molecule has 0 bridgehead atoms. The minimum absolute atomic E-state index is 0.0510. The van der Waals surface area contributed by atoms with Crippen LogP contribution in [-0.4, -0.2) is 31.5 Å². The van der Waals surface area contributed by atoms with Gasteiger partial charge in [0, 0.05) is 18.7 Å². The van der Waals surface area contributed by atoms with E-state index in [1.165, 1.54) is 6.42 Å². The van der Waals surface area contributed by atoms with Gasteiger partial charge in [-0.15, -0.1) is 0 Å². The van der Waals surface area contributed by atoms with Crippen LogP contribution in [0.5, 0.6) is 0 Å². The third-order valence-corrected chi connectivity index (χ3v) is 3.45. The van der Waals surface area contributed by atoms with Crippen molar-refractivity contribution in [1.82, 2.24) is 5.32 Å². The summed E-state index contributed by atoms with van der Waals surface area (Å²) < 4.78 is 40.5. The maximum atomic E-state index is 11.9. The van der Waals surface area contributed by atoms with E-state index in [0.29, 0.717) is 6.42 Å². The topological polar surface area (TPSA) is 21.3 Å². The predicted molar refractivity (Wildman–Crippen MR) is 65.5 cm³/mol. The lowest BCUT2D eigenvalue weighted by molar-refractivity contribution is -0.176. The molecule has 108 valence electrons. The standard InChI is InChI=1S/C13H24F3NO/c1-11(2,3)17-9-12(5-4-6-12)7-8-18-10-13(14,15)16/h17H,4-10H2,1-3H3. The van der Waals surface area contributed by atoms with Crippen LogP contribution >= 0.6 is 0 Å². The van der Waals surface area contributed by atoms with Gasteiger partial charge in [0.15, 0.2) is 0 Å². The monoisotopic (exact) mass is 267 g/mol. The quantitative estimate of drug-likeness (QED) is 0.744. The molecule has 0 amide bonds. The van der Waals surface area contributed by atoms with Gasteiger partial charge in [0.25, 0.3) is 0 Å². The molecule has 0 radical (unpaired) electrons. The molecule has 5 heteroatoms. The van der Waals surface area contributed by atoms with Crippen LogP contribution in [0.1, 0.15) is 46.5 Å². The zero-order chi connectivity index (χ0) is 13.9. The largest absolute Gasteiger partial charge is 0.411 e. The average molecular weight is 267 g/mol. The molecule has 0 saturated heterocycles. The normalized spacial score (nSPS) is 19.7. The first kappa shape index (κ1) is 15.8. The highest BCUT2D eigenvalue weighted by atomic mass is 19.4. The molecule has 0 spiro atoms. The zero-order valence-electron chi connectivity index (χ0n) is 11.5. The third-order valence-electron chi connectivity index (χ3n) is 3.45. The van der Waals surface area contributed by atoms with Crippen molar-refractivity contribution >= 4 is 0 Å². The molecule has 1 aliphatic rings. The molecule has 0 aromatic rings. The summed E-state index contributed by atoms with van der Waals surface area (Å²) in [6.07, 6.45) is -0.148. The highest BCUT2D eigenvalue weighted by Crippen LogP contribution is 2.43. The van der Waals surface area contributed by atoms with E-state index in [1.807, 2.05) is 0 Å². The van der Waals surface area contributed by atoms with E-state index in [-0.39, 0.29) is 17.6 Å². The number of nitrogens with one attached hydrogen (secondary N) is 1. The summed E-state index contributed by atoms with van der Waals surface area (Å²) in [4.78, 5) is 0. The molecule has 0 unspecified atom stereocenters. The molecule has 0 aliphatic heterocycles. The smallest absolute Gasteiger partial charge is 0.372 e. The second-order valence-corrected chi connectivity index (χ2v) is 6.37. The van der Waals surface area contributed by atoms with Gasteiger partial charge >= 0.3 is 6.18 Å². The summed E-state index contributed by atoms with van der Waals surface area (Å²) in [5.41, 5.74) is 0.203. The minimum atomic E-state index is -4.21. The molecule has 18 heavy (non-hydrogen) atoms. The van der Waals surface area contributed by atoms with Crippen molar-refractivity contribution in [2.24, 2.45) is 5.41 Å². The maximum absolute atomic E-state index is 11.9. The average Bonchev–Trinajstić information content (AvgIpc) is 2.11. The number of rotatable bonds is 6. The Morgan fingerprint density at radius 2 is 1.78 bits per heavy atom. The minimum Gasteiger partial charge on any atom is -0.372 e. The van der Waals surface area contributed by atoms with E-state index in [0.717, 1.165) is 19.4 Å². The first-order valence-corrected chi connectivity index (χ1v) is 6.52. The molecule has 1 fully saturated rings. The van der Waals surface area contributed by atoms with Gasteiger partial charge in [-0.1, -0.05) is 6.42 Å². The molecule has 1 N–H and O–H groups in total. The Bertz CT molecular complexity index is 254. The van der Waals surface area contributed by atoms with E-state index in [2.05, 4.69) is 26.1 Å². The number of hydrogen-bond acceptors (Lipinski definition) is 2. The molecule has 1 rings (SSSR count). The Kier molecular flexibility index (Phi) is 5.06. The fourth-order valence-corrected chi connectivity index (χ4v) is 2.12. The second kappa shape index (κ2) is 5.78. The van der Waals surface area contributed by atoms with Crippen LogP contribution in [0.2, 0.25) is 0 Å². The van der Waals surface area contributed by atoms with Crippen LogP contribution in [0, 0.1) is 5.41 Å². The van der Waals surface area contributed by atoms with Crippen molar-refractivity contribution in [3.8, 4) is 0 Å². The lowest BCUT2D eigenvalue weighted by Gasteiger charge is -2.44. The van der Waals surface area contributed by atoms with Crippen molar-refractivity contribution in [3.63, 3.8) is 0 Å². The molecular weight excluding hydrogens is 243 g/mol. The van der Waals surface area contributed by atoms with Gasteiger partial charge in [-0.2, -0.15) is 13.2 Å². The van der Waals surface area contributed by atoms with Crippen molar-refractivity contribution in [2.75, 3.05) is 19.8 Å². The van der Waals surface area contributed by atoms with E-state index in [1.54, 1.807) is 0 Å². The van der Waals surface area contributed by atoms with Crippen molar-refractivity contribution < 1.29 is 17.9 Å². The fourth-order valence-electron chi connectivity index (χ4n) is 2.12. The van der Waals surface area contributed by atoms with Crippen LogP contribution in [-0.2, 0) is 4.74 Å². The van der Waals surface area contributed by atoms with Crippen molar-refractivity contribution in [1.29, 1.82) is 0 Å². The van der Waals surface area contributed by atoms with Crippen LogP contribution in [0.3, 0.4) is 0 Å². The summed E-state index contributed by atoms with van der Waals surface area (Å²) in [6.45, 7) is 6.23. The Hall–Kier alpha value is -0.290. The molecule has 0 aromatic carbocycles. The number of hydrogen-bond donors (Lipinski definition) is 1. The van der Waals surface area contributed by atoms with Gasteiger partial charge in [-0.25, -0.2) is 0 Å². The van der Waals surface area contributed by atoms with Gasteiger partial charge in [0.1, 0.15) is 6.61 Å². The summed E-state index contributed by atoms with van der Waals surface area (Å²) in [5.74, 6) is 0. The van der Waals surface area contributed by atoms with Gasteiger partial charge < -0.3 is 10.1 Å². The SMILES string of the molecule is CC(C)(C)NCC1(CCOCC(F)(F)F)CCC1. The molecule has 0 atom stereocenters. The predicted octanol–water partition coefficient (Wildman–Crippen LogP) is 3.51. The van der Waals surface area contributed by atoms with Gasteiger partial charge in [0.05, 0.1) is 0 Å². The van der Waals surface area contributed by atoms with Crippen LogP contribution in [0.4, 0.5) is 13.2 Å². The molecule has 1 saturated carbocycles. The van der Waals surface area contributed by atoms with E-state index in [9.17, 15) is 13.2 Å². The van der Waals surface area contributed by atoms with Gasteiger partial charge in [-0.3, -0.25) is 0 Å². The second-order valence-electron chi connectivity index (χ2n) is 6.37. The summed E-state index contributed by atoms with van der Waals surface area (Å²) in [5, 5.41) is 3.44. The molecular formula is C13H24F3NO. The first-order chi connectivity index (χ1) is 8.12. The van der Waals surface area contributed by atoms with Crippen LogP contribution < -0.4 is 5.32 Å². The summed E-state index contributed by atoms with van der Waals surface area (Å²) in [7, 11) is 0. The molecule has 0 aromatic heterocycles. The first-order valence-electron chi connectivity index (χ1n) is 6.52. The Labute approximate surface area is 107 Å². The fraction of sp³-hybridized carbons (Fsp3) is 1.00. The van der Waals surface area contributed by atoms with Gasteiger partial charge in [-0.05, 0) is 45.4 Å². The third kappa shape index (κ3) is 6.05. The molecule has 0 heterocycles. The van der Waals surface area contributed by atoms with Crippen LogP contribution in [0.15, 0.2) is 0 Å². The Morgan fingerprint density at radius 3 is 2.17 bits per heavy atom. The summed E-state index contributed by atoms with van der Waals surface area (Å²) >= 11 is 0. The zero-order valence-corrected chi connectivity index (χ0v) is 11.5. The lowest BCUT2D eigenvalue weighted by atomic mass is 9.66. The Balaban J connectivity index is 2.24. The Morgan fingerprint density at radius 1 is 1.17 bits per heavy atom. The molecule has 1 aliphatic carbocycles. The van der Waals surface area contributed by atoms with Gasteiger partial charge in [0.2, 0.25) is 0 Å². The maximum Gasteiger partial charge on any atom is 0.411 e. The number of ether oxygens (including phenoxy) is 1. The van der Waals surface area contributed by atoms with E-state index >= 15 is 0 Å². The van der Waals surface area contributed by atoms with E-state index in [4.69, 9.17) is 4.74 Å². The lowest BCUT2D eigenvalue weighted by Crippen LogP contribution is -2.47. The highest BCUT2D eigenvalue weighted by Gasteiger charge is 2.37. The van der Waals surface area contributed by atoms with Crippen LogP contribution in [0.25, 0.3) is 0 Å².